The van der Waals surface area contributed by atoms with Gasteiger partial charge in [0.25, 0.3) is 0 Å². The van der Waals surface area contributed by atoms with Crippen molar-refractivity contribution in [3.8, 4) is 0 Å². The maximum atomic E-state index is 4.35. The molecule has 1 radical (unpaired) electrons. The van der Waals surface area contributed by atoms with Crippen molar-refractivity contribution in [3.05, 3.63) is 0 Å². The third kappa shape index (κ3) is 1.46. The SMILES string of the molecule is CC1CNC(C)C[N]1. The highest BCUT2D eigenvalue weighted by Gasteiger charge is 2.12. The van der Waals surface area contributed by atoms with E-state index in [1.165, 1.54) is 0 Å². The molecule has 47 valence electrons. The molecule has 8 heavy (non-hydrogen) atoms. The summed E-state index contributed by atoms with van der Waals surface area (Å²) >= 11 is 0. The van der Waals surface area contributed by atoms with E-state index in [4.69, 9.17) is 0 Å². The Morgan fingerprint density at radius 1 is 1.50 bits per heavy atom. The zero-order valence-corrected chi connectivity index (χ0v) is 5.52. The lowest BCUT2D eigenvalue weighted by atomic mass is 10.2. The summed E-state index contributed by atoms with van der Waals surface area (Å²) in [5, 5.41) is 7.69. The minimum absolute atomic E-state index is 0.534. The molecule has 0 bridgehead atoms. The van der Waals surface area contributed by atoms with E-state index >= 15 is 0 Å². The summed E-state index contributed by atoms with van der Waals surface area (Å²) in [5.74, 6) is 0. The zero-order valence-electron chi connectivity index (χ0n) is 5.52. The van der Waals surface area contributed by atoms with Crippen LogP contribution in [0.3, 0.4) is 0 Å². The van der Waals surface area contributed by atoms with Crippen LogP contribution in [-0.4, -0.2) is 25.2 Å². The van der Waals surface area contributed by atoms with E-state index in [0.717, 1.165) is 13.1 Å². The van der Waals surface area contributed by atoms with Crippen molar-refractivity contribution >= 4 is 0 Å². The number of rotatable bonds is 0. The molecule has 1 aliphatic heterocycles. The van der Waals surface area contributed by atoms with Gasteiger partial charge < -0.3 is 5.32 Å². The van der Waals surface area contributed by atoms with Crippen molar-refractivity contribution in [2.45, 2.75) is 25.9 Å². The fourth-order valence-corrected chi connectivity index (χ4v) is 0.839. The van der Waals surface area contributed by atoms with Gasteiger partial charge in [-0.2, -0.15) is 0 Å². The topological polar surface area (TPSA) is 26.1 Å². The molecule has 0 aromatic heterocycles. The highest BCUT2D eigenvalue weighted by molar-refractivity contribution is 4.75. The van der Waals surface area contributed by atoms with Crippen LogP contribution >= 0.6 is 0 Å². The van der Waals surface area contributed by atoms with Crippen LogP contribution < -0.4 is 10.6 Å². The number of hydrogen-bond donors (Lipinski definition) is 1. The minimum atomic E-state index is 0.534. The van der Waals surface area contributed by atoms with Gasteiger partial charge in [0.05, 0.1) is 0 Å². The van der Waals surface area contributed by atoms with E-state index in [1.807, 2.05) is 0 Å². The fraction of sp³-hybridized carbons (Fsp3) is 1.00. The molecule has 2 heteroatoms. The highest BCUT2D eigenvalue weighted by Crippen LogP contribution is 1.91. The summed E-state index contributed by atoms with van der Waals surface area (Å²) in [6.45, 7) is 6.34. The van der Waals surface area contributed by atoms with Crippen molar-refractivity contribution in [2.24, 2.45) is 0 Å². The molecule has 1 heterocycles. The summed E-state index contributed by atoms with van der Waals surface area (Å²) in [6, 6.07) is 1.14. The monoisotopic (exact) mass is 113 g/mol. The third-order valence-electron chi connectivity index (χ3n) is 1.45. The summed E-state index contributed by atoms with van der Waals surface area (Å²) in [5.41, 5.74) is 0. The van der Waals surface area contributed by atoms with Crippen LogP contribution in [0, 0.1) is 0 Å². The minimum Gasteiger partial charge on any atom is -0.311 e. The average Bonchev–Trinajstić information content (AvgIpc) is 1.77. The highest BCUT2D eigenvalue weighted by atomic mass is 15.1. The Labute approximate surface area is 50.7 Å². The molecule has 1 rings (SSSR count). The van der Waals surface area contributed by atoms with Crippen molar-refractivity contribution in [3.63, 3.8) is 0 Å². The smallest absolute Gasteiger partial charge is 0.0343 e. The molecule has 0 amide bonds. The Balaban J connectivity index is 2.19. The zero-order chi connectivity index (χ0) is 5.98. The van der Waals surface area contributed by atoms with Gasteiger partial charge in [-0.25, -0.2) is 5.32 Å². The standard InChI is InChI=1S/C6H13N2/c1-5-3-8-6(2)4-7-5/h5-7H,3-4H2,1-2H3. The predicted molar refractivity (Wildman–Crippen MR) is 33.9 cm³/mol. The Hall–Kier alpha value is -0.0800. The first-order valence-corrected chi connectivity index (χ1v) is 3.19. The molecule has 0 aromatic rings. The molecule has 0 aliphatic carbocycles. The normalized spacial score (nSPS) is 39.8. The second-order valence-electron chi connectivity index (χ2n) is 2.52. The first-order chi connectivity index (χ1) is 3.79. The first-order valence-electron chi connectivity index (χ1n) is 3.19. The maximum Gasteiger partial charge on any atom is 0.0343 e. The van der Waals surface area contributed by atoms with Crippen LogP contribution in [0.1, 0.15) is 13.8 Å². The summed E-state index contributed by atoms with van der Waals surface area (Å²) in [6.07, 6.45) is 0. The van der Waals surface area contributed by atoms with Crippen LogP contribution in [0.4, 0.5) is 0 Å². The quantitative estimate of drug-likeness (QED) is 0.469. The van der Waals surface area contributed by atoms with Crippen LogP contribution in [-0.2, 0) is 0 Å². The predicted octanol–water partition coefficient (Wildman–Crippen LogP) is -0.0290. The van der Waals surface area contributed by atoms with Gasteiger partial charge in [0.1, 0.15) is 0 Å². The summed E-state index contributed by atoms with van der Waals surface area (Å²) < 4.78 is 0. The third-order valence-corrected chi connectivity index (χ3v) is 1.45. The fourth-order valence-electron chi connectivity index (χ4n) is 0.839. The second-order valence-corrected chi connectivity index (χ2v) is 2.52. The molecule has 1 fully saturated rings. The molecule has 1 N–H and O–H groups in total. The Kier molecular flexibility index (Phi) is 1.86. The van der Waals surface area contributed by atoms with Gasteiger partial charge in [0.15, 0.2) is 0 Å². The lowest BCUT2D eigenvalue weighted by Crippen LogP contribution is -2.48. The Morgan fingerprint density at radius 2 is 2.25 bits per heavy atom. The van der Waals surface area contributed by atoms with E-state index in [2.05, 4.69) is 24.5 Å². The van der Waals surface area contributed by atoms with Crippen LogP contribution in [0.5, 0.6) is 0 Å². The lowest BCUT2D eigenvalue weighted by Gasteiger charge is -2.24. The van der Waals surface area contributed by atoms with Gasteiger partial charge in [-0.05, 0) is 13.8 Å². The molecular formula is C6H13N2. The summed E-state index contributed by atoms with van der Waals surface area (Å²) in [4.78, 5) is 0. The van der Waals surface area contributed by atoms with E-state index in [0.29, 0.717) is 12.1 Å². The first kappa shape index (κ1) is 6.05. The maximum absolute atomic E-state index is 4.35. The molecule has 1 saturated heterocycles. The second kappa shape index (κ2) is 2.46. The molecule has 0 aromatic carbocycles. The van der Waals surface area contributed by atoms with E-state index in [9.17, 15) is 0 Å². The molecule has 2 nitrogen and oxygen atoms in total. The lowest BCUT2D eigenvalue weighted by molar-refractivity contribution is 0.369. The van der Waals surface area contributed by atoms with Gasteiger partial charge >= 0.3 is 0 Å². The molecule has 2 unspecified atom stereocenters. The van der Waals surface area contributed by atoms with E-state index < -0.39 is 0 Å². The molecular weight excluding hydrogens is 100 g/mol. The van der Waals surface area contributed by atoms with E-state index in [-0.39, 0.29) is 0 Å². The van der Waals surface area contributed by atoms with E-state index in [1.54, 1.807) is 0 Å². The Morgan fingerprint density at radius 3 is 2.62 bits per heavy atom. The van der Waals surface area contributed by atoms with Crippen molar-refractivity contribution < 1.29 is 0 Å². The van der Waals surface area contributed by atoms with Crippen LogP contribution in [0.15, 0.2) is 0 Å². The van der Waals surface area contributed by atoms with Crippen molar-refractivity contribution in [2.75, 3.05) is 13.1 Å². The number of nitrogens with one attached hydrogen (secondary N) is 1. The number of nitrogens with zero attached hydrogens (tertiary/aromatic N) is 1. The van der Waals surface area contributed by atoms with Crippen molar-refractivity contribution in [1.82, 2.24) is 10.6 Å². The average molecular weight is 113 g/mol. The summed E-state index contributed by atoms with van der Waals surface area (Å²) in [7, 11) is 0. The van der Waals surface area contributed by atoms with Gasteiger partial charge in [-0.3, -0.25) is 0 Å². The molecule has 2 atom stereocenters. The number of hydrogen-bond acceptors (Lipinski definition) is 1. The number of piperazine rings is 1. The van der Waals surface area contributed by atoms with Crippen LogP contribution in [0.2, 0.25) is 0 Å². The molecule has 0 spiro atoms. The van der Waals surface area contributed by atoms with Gasteiger partial charge in [-0.1, -0.05) is 0 Å². The Bertz CT molecular complexity index is 54.9. The van der Waals surface area contributed by atoms with Gasteiger partial charge in [-0.15, -0.1) is 0 Å². The van der Waals surface area contributed by atoms with Gasteiger partial charge in [0.2, 0.25) is 0 Å². The molecule has 1 aliphatic rings. The molecule has 0 saturated carbocycles. The van der Waals surface area contributed by atoms with Crippen molar-refractivity contribution in [1.29, 1.82) is 0 Å². The van der Waals surface area contributed by atoms with Crippen LogP contribution in [0.25, 0.3) is 0 Å². The largest absolute Gasteiger partial charge is 0.311 e. The van der Waals surface area contributed by atoms with Gasteiger partial charge in [0, 0.05) is 25.2 Å².